The van der Waals surface area contributed by atoms with E-state index in [-0.39, 0.29) is 0 Å². The standard InChI is InChI=1S/C12H18N2O/c1-8-4-9(2)13-5-11(8)12-7-15-6-10(3)14-12/h4-5,10,12,14H,6-7H2,1-3H3. The molecule has 0 aliphatic carbocycles. The van der Waals surface area contributed by atoms with Crippen LogP contribution in [0.5, 0.6) is 0 Å². The summed E-state index contributed by atoms with van der Waals surface area (Å²) in [5, 5.41) is 3.53. The molecule has 2 atom stereocenters. The van der Waals surface area contributed by atoms with Gasteiger partial charge in [-0.2, -0.15) is 0 Å². The molecular weight excluding hydrogens is 188 g/mol. The smallest absolute Gasteiger partial charge is 0.0663 e. The molecule has 2 heterocycles. The number of rotatable bonds is 1. The van der Waals surface area contributed by atoms with Crippen LogP contribution in [0.15, 0.2) is 12.3 Å². The highest BCUT2D eigenvalue weighted by Crippen LogP contribution is 2.20. The molecular formula is C12H18N2O. The van der Waals surface area contributed by atoms with Crippen LogP contribution in [0.4, 0.5) is 0 Å². The van der Waals surface area contributed by atoms with Crippen molar-refractivity contribution in [2.24, 2.45) is 0 Å². The summed E-state index contributed by atoms with van der Waals surface area (Å²) >= 11 is 0. The fourth-order valence-electron chi connectivity index (χ4n) is 2.05. The van der Waals surface area contributed by atoms with E-state index in [9.17, 15) is 0 Å². The lowest BCUT2D eigenvalue weighted by molar-refractivity contribution is 0.0501. The van der Waals surface area contributed by atoms with Crippen molar-refractivity contribution in [1.29, 1.82) is 0 Å². The monoisotopic (exact) mass is 206 g/mol. The van der Waals surface area contributed by atoms with Crippen molar-refractivity contribution in [1.82, 2.24) is 10.3 Å². The van der Waals surface area contributed by atoms with Crippen LogP contribution in [0.2, 0.25) is 0 Å². The quantitative estimate of drug-likeness (QED) is 0.760. The van der Waals surface area contributed by atoms with E-state index in [4.69, 9.17) is 4.74 Å². The molecule has 1 aliphatic heterocycles. The summed E-state index contributed by atoms with van der Waals surface area (Å²) in [6.45, 7) is 7.84. The normalized spacial score (nSPS) is 26.6. The molecule has 1 aromatic heterocycles. The van der Waals surface area contributed by atoms with Crippen LogP contribution in [-0.2, 0) is 4.74 Å². The predicted molar refractivity (Wildman–Crippen MR) is 59.9 cm³/mol. The lowest BCUT2D eigenvalue weighted by Gasteiger charge is -2.30. The van der Waals surface area contributed by atoms with Gasteiger partial charge >= 0.3 is 0 Å². The molecule has 82 valence electrons. The first-order valence-electron chi connectivity index (χ1n) is 5.44. The molecule has 2 unspecified atom stereocenters. The lowest BCUT2D eigenvalue weighted by atomic mass is 10.0. The zero-order valence-electron chi connectivity index (χ0n) is 9.58. The molecule has 1 fully saturated rings. The van der Waals surface area contributed by atoms with E-state index in [1.807, 2.05) is 13.1 Å². The van der Waals surface area contributed by atoms with Gasteiger partial charge in [0.05, 0.1) is 19.3 Å². The van der Waals surface area contributed by atoms with Crippen molar-refractivity contribution in [3.8, 4) is 0 Å². The molecule has 1 saturated heterocycles. The highest BCUT2D eigenvalue weighted by atomic mass is 16.5. The Labute approximate surface area is 90.9 Å². The average Bonchev–Trinajstić information content (AvgIpc) is 2.17. The van der Waals surface area contributed by atoms with Gasteiger partial charge in [0.15, 0.2) is 0 Å². The van der Waals surface area contributed by atoms with E-state index in [0.29, 0.717) is 12.1 Å². The highest BCUT2D eigenvalue weighted by Gasteiger charge is 2.21. The Morgan fingerprint density at radius 1 is 1.40 bits per heavy atom. The maximum absolute atomic E-state index is 5.54. The minimum Gasteiger partial charge on any atom is -0.378 e. The Balaban J connectivity index is 2.21. The molecule has 0 spiro atoms. The summed E-state index contributed by atoms with van der Waals surface area (Å²) in [6.07, 6.45) is 1.96. The minimum atomic E-state index is 0.293. The molecule has 0 bridgehead atoms. The van der Waals surface area contributed by atoms with Crippen LogP contribution in [-0.4, -0.2) is 24.2 Å². The van der Waals surface area contributed by atoms with Crippen molar-refractivity contribution < 1.29 is 4.74 Å². The summed E-state index contributed by atoms with van der Waals surface area (Å²) in [4.78, 5) is 4.34. The second-order valence-corrected chi connectivity index (χ2v) is 4.34. The fraction of sp³-hybridized carbons (Fsp3) is 0.583. The van der Waals surface area contributed by atoms with Gasteiger partial charge in [0.2, 0.25) is 0 Å². The Bertz CT molecular complexity index is 351. The number of aryl methyl sites for hydroxylation is 2. The topological polar surface area (TPSA) is 34.1 Å². The third-order valence-electron chi connectivity index (χ3n) is 2.80. The molecule has 0 aromatic carbocycles. The first kappa shape index (κ1) is 10.6. The van der Waals surface area contributed by atoms with Crippen molar-refractivity contribution in [2.45, 2.75) is 32.9 Å². The predicted octanol–water partition coefficient (Wildman–Crippen LogP) is 1.75. The molecule has 3 nitrogen and oxygen atoms in total. The fourth-order valence-corrected chi connectivity index (χ4v) is 2.05. The van der Waals surface area contributed by atoms with Gasteiger partial charge in [0, 0.05) is 17.9 Å². The second-order valence-electron chi connectivity index (χ2n) is 4.34. The number of nitrogens with zero attached hydrogens (tertiary/aromatic N) is 1. The summed E-state index contributed by atoms with van der Waals surface area (Å²) in [5.41, 5.74) is 3.62. The highest BCUT2D eigenvalue weighted by molar-refractivity contribution is 5.28. The molecule has 0 amide bonds. The maximum atomic E-state index is 5.54. The second kappa shape index (κ2) is 4.29. The van der Waals surface area contributed by atoms with E-state index in [1.54, 1.807) is 0 Å². The zero-order chi connectivity index (χ0) is 10.8. The first-order chi connectivity index (χ1) is 7.16. The summed E-state index contributed by atoms with van der Waals surface area (Å²) < 4.78 is 5.54. The maximum Gasteiger partial charge on any atom is 0.0663 e. The van der Waals surface area contributed by atoms with E-state index < -0.39 is 0 Å². The van der Waals surface area contributed by atoms with Gasteiger partial charge in [-0.3, -0.25) is 4.98 Å². The molecule has 1 aliphatic rings. The van der Waals surface area contributed by atoms with Crippen molar-refractivity contribution in [3.05, 3.63) is 29.1 Å². The average molecular weight is 206 g/mol. The Kier molecular flexibility index (Phi) is 3.03. The van der Waals surface area contributed by atoms with Crippen molar-refractivity contribution in [3.63, 3.8) is 0 Å². The number of hydrogen-bond acceptors (Lipinski definition) is 3. The van der Waals surface area contributed by atoms with Gasteiger partial charge < -0.3 is 10.1 Å². The van der Waals surface area contributed by atoms with E-state index in [2.05, 4.69) is 30.2 Å². The van der Waals surface area contributed by atoms with Crippen molar-refractivity contribution >= 4 is 0 Å². The van der Waals surface area contributed by atoms with Crippen LogP contribution in [0.25, 0.3) is 0 Å². The van der Waals surface area contributed by atoms with Gasteiger partial charge in [-0.15, -0.1) is 0 Å². The molecule has 1 aromatic rings. The van der Waals surface area contributed by atoms with Gasteiger partial charge in [-0.25, -0.2) is 0 Å². The molecule has 1 N–H and O–H groups in total. The zero-order valence-corrected chi connectivity index (χ0v) is 9.58. The lowest BCUT2D eigenvalue weighted by Crippen LogP contribution is -2.42. The molecule has 0 radical (unpaired) electrons. The Morgan fingerprint density at radius 3 is 2.87 bits per heavy atom. The van der Waals surface area contributed by atoms with Gasteiger partial charge in [0.1, 0.15) is 0 Å². The minimum absolute atomic E-state index is 0.293. The van der Waals surface area contributed by atoms with Gasteiger partial charge in [0.25, 0.3) is 0 Å². The molecule has 0 saturated carbocycles. The largest absolute Gasteiger partial charge is 0.378 e. The number of nitrogens with one attached hydrogen (secondary N) is 1. The first-order valence-corrected chi connectivity index (χ1v) is 5.44. The van der Waals surface area contributed by atoms with Crippen LogP contribution in [0, 0.1) is 13.8 Å². The van der Waals surface area contributed by atoms with Crippen LogP contribution in [0.3, 0.4) is 0 Å². The van der Waals surface area contributed by atoms with Crippen LogP contribution in [0.1, 0.15) is 29.8 Å². The van der Waals surface area contributed by atoms with Gasteiger partial charge in [-0.05, 0) is 38.0 Å². The molecule has 15 heavy (non-hydrogen) atoms. The van der Waals surface area contributed by atoms with Crippen LogP contribution < -0.4 is 5.32 Å². The van der Waals surface area contributed by atoms with E-state index in [1.165, 1.54) is 11.1 Å². The third-order valence-corrected chi connectivity index (χ3v) is 2.80. The third kappa shape index (κ3) is 2.36. The number of ether oxygens (including phenoxy) is 1. The summed E-state index contributed by atoms with van der Waals surface area (Å²) in [7, 11) is 0. The molecule has 3 heteroatoms. The van der Waals surface area contributed by atoms with Gasteiger partial charge in [-0.1, -0.05) is 0 Å². The SMILES string of the molecule is Cc1cc(C)c(C2COCC(C)N2)cn1. The number of aromatic nitrogens is 1. The Hall–Kier alpha value is -0.930. The summed E-state index contributed by atoms with van der Waals surface area (Å²) in [6, 6.07) is 2.84. The van der Waals surface area contributed by atoms with E-state index in [0.717, 1.165) is 18.9 Å². The number of pyridine rings is 1. The molecule has 2 rings (SSSR count). The van der Waals surface area contributed by atoms with E-state index >= 15 is 0 Å². The number of hydrogen-bond donors (Lipinski definition) is 1. The Morgan fingerprint density at radius 2 is 2.20 bits per heavy atom. The summed E-state index contributed by atoms with van der Waals surface area (Å²) in [5.74, 6) is 0. The van der Waals surface area contributed by atoms with Crippen LogP contribution >= 0.6 is 0 Å². The van der Waals surface area contributed by atoms with Crippen molar-refractivity contribution in [2.75, 3.05) is 13.2 Å². The number of morpholine rings is 1.